The Hall–Kier alpha value is -4.30. The van der Waals surface area contributed by atoms with Gasteiger partial charge < -0.3 is 14.6 Å². The first-order valence-electron chi connectivity index (χ1n) is 12.5. The molecule has 200 valence electrons. The number of amidine groups is 1. The average Bonchev–Trinajstić information content (AvgIpc) is 3.17. The molecule has 1 saturated heterocycles. The van der Waals surface area contributed by atoms with E-state index in [0.717, 1.165) is 16.7 Å². The second-order valence-electron chi connectivity index (χ2n) is 8.83. The van der Waals surface area contributed by atoms with Gasteiger partial charge in [-0.25, -0.2) is 9.79 Å². The lowest BCUT2D eigenvalue weighted by Crippen LogP contribution is -2.23. The van der Waals surface area contributed by atoms with Gasteiger partial charge in [-0.2, -0.15) is 0 Å². The monoisotopic (exact) mass is 542 g/mol. The van der Waals surface area contributed by atoms with Gasteiger partial charge in [-0.05, 0) is 79.1 Å². The maximum absolute atomic E-state index is 13.1. The minimum absolute atomic E-state index is 0.178. The summed E-state index contributed by atoms with van der Waals surface area (Å²) in [6.45, 7) is 8.36. The maximum atomic E-state index is 13.1. The van der Waals surface area contributed by atoms with Crippen molar-refractivity contribution in [2.24, 2.45) is 4.99 Å². The Balaban J connectivity index is 1.67. The van der Waals surface area contributed by atoms with Crippen molar-refractivity contribution < 1.29 is 24.2 Å². The molecule has 1 heterocycles. The van der Waals surface area contributed by atoms with Crippen LogP contribution in [0.5, 0.6) is 11.5 Å². The van der Waals surface area contributed by atoms with Gasteiger partial charge in [-0.1, -0.05) is 42.5 Å². The van der Waals surface area contributed by atoms with Crippen LogP contribution in [0.15, 0.2) is 83.2 Å². The fourth-order valence-electron chi connectivity index (χ4n) is 4.11. The fourth-order valence-corrected chi connectivity index (χ4v) is 5.09. The zero-order valence-corrected chi connectivity index (χ0v) is 23.0. The number of nitrogens with zero attached hydrogens (tertiary/aromatic N) is 2. The van der Waals surface area contributed by atoms with E-state index >= 15 is 0 Å². The number of carbonyl (C=O) groups is 2. The van der Waals surface area contributed by atoms with E-state index in [9.17, 15) is 14.7 Å². The summed E-state index contributed by atoms with van der Waals surface area (Å²) in [6.07, 6.45) is 4.18. The molecular formula is C31H30N2O5S. The Bertz CT molecular complexity index is 1460. The number of thioether (sulfide) groups is 1. The fraction of sp³-hybridized carbons (Fsp3) is 0.194. The van der Waals surface area contributed by atoms with Crippen molar-refractivity contribution in [3.05, 3.63) is 106 Å². The lowest BCUT2D eigenvalue weighted by Gasteiger charge is -2.17. The largest absolute Gasteiger partial charge is 0.490 e. The molecule has 4 rings (SSSR count). The highest BCUT2D eigenvalue weighted by atomic mass is 32.2. The Morgan fingerprint density at radius 3 is 2.59 bits per heavy atom. The normalized spacial score (nSPS) is 15.2. The number of amides is 1. The Kier molecular flexibility index (Phi) is 8.88. The molecule has 1 amide bonds. The molecule has 0 atom stereocenters. The molecule has 1 fully saturated rings. The molecule has 39 heavy (non-hydrogen) atoms. The Labute approximate surface area is 232 Å². The van der Waals surface area contributed by atoms with Crippen LogP contribution in [-0.4, -0.2) is 40.7 Å². The Morgan fingerprint density at radius 2 is 1.90 bits per heavy atom. The predicted molar refractivity (Wildman–Crippen MR) is 156 cm³/mol. The summed E-state index contributed by atoms with van der Waals surface area (Å²) < 4.78 is 12.2. The molecule has 0 bridgehead atoms. The molecule has 0 radical (unpaired) electrons. The number of carboxylic acid groups (broad SMARTS) is 1. The van der Waals surface area contributed by atoms with Gasteiger partial charge in [0.2, 0.25) is 0 Å². The van der Waals surface area contributed by atoms with Crippen molar-refractivity contribution in [2.45, 2.75) is 26.9 Å². The molecule has 1 aliphatic rings. The van der Waals surface area contributed by atoms with Gasteiger partial charge in [0.05, 0.1) is 22.8 Å². The number of hydrogen-bond acceptors (Lipinski definition) is 6. The average molecular weight is 543 g/mol. The number of ether oxygens (including phenoxy) is 2. The van der Waals surface area contributed by atoms with E-state index in [-0.39, 0.29) is 11.5 Å². The van der Waals surface area contributed by atoms with Gasteiger partial charge in [0, 0.05) is 12.6 Å². The number of allylic oxidation sites excluding steroid dienone is 1. The summed E-state index contributed by atoms with van der Waals surface area (Å²) in [6, 6.07) is 18.7. The van der Waals surface area contributed by atoms with Crippen molar-refractivity contribution in [3.8, 4) is 11.5 Å². The van der Waals surface area contributed by atoms with Crippen LogP contribution in [0, 0.1) is 6.92 Å². The molecule has 0 saturated carbocycles. The predicted octanol–water partition coefficient (Wildman–Crippen LogP) is 6.63. The van der Waals surface area contributed by atoms with Crippen LogP contribution >= 0.6 is 11.8 Å². The van der Waals surface area contributed by atoms with Crippen molar-refractivity contribution in [2.75, 3.05) is 13.7 Å². The molecule has 8 heteroatoms. The van der Waals surface area contributed by atoms with Gasteiger partial charge in [-0.3, -0.25) is 9.69 Å². The quantitative estimate of drug-likeness (QED) is 0.228. The molecule has 0 aromatic heterocycles. The van der Waals surface area contributed by atoms with Crippen LogP contribution < -0.4 is 9.47 Å². The minimum Gasteiger partial charge on any atom is -0.490 e. The number of likely N-dealkylation sites (N-methyl/N-ethyl adjacent to an activating group) is 1. The zero-order valence-electron chi connectivity index (χ0n) is 22.1. The van der Waals surface area contributed by atoms with Gasteiger partial charge in [-0.15, -0.1) is 6.58 Å². The van der Waals surface area contributed by atoms with Crippen LogP contribution in [0.3, 0.4) is 0 Å². The molecule has 0 spiro atoms. The first-order chi connectivity index (χ1) is 18.8. The first-order valence-corrected chi connectivity index (χ1v) is 13.3. The standard InChI is InChI=1S/C31H30N2O5S/c1-5-11-23-16-22(17-26(37-6-2)28(23)38-19-21-12-8-7-9-13-21)18-27-29(34)33(4)31(39-27)32-25-15-10-14-24(20(25)3)30(35)36/h5,7-10,12-18H,1,6,11,19H2,2-4H3,(H,35,36)/b27-18-,32-31?. The minimum atomic E-state index is -1.02. The van der Waals surface area contributed by atoms with Crippen LogP contribution in [0.2, 0.25) is 0 Å². The van der Waals surface area contributed by atoms with E-state index in [1.54, 1.807) is 32.2 Å². The van der Waals surface area contributed by atoms with Crippen molar-refractivity contribution in [1.29, 1.82) is 0 Å². The summed E-state index contributed by atoms with van der Waals surface area (Å²) >= 11 is 1.24. The second-order valence-corrected chi connectivity index (χ2v) is 9.84. The van der Waals surface area contributed by atoms with Gasteiger partial charge in [0.15, 0.2) is 16.7 Å². The van der Waals surface area contributed by atoms with Gasteiger partial charge >= 0.3 is 5.97 Å². The topological polar surface area (TPSA) is 88.4 Å². The summed E-state index contributed by atoms with van der Waals surface area (Å²) in [5.74, 6) is 0.0356. The number of rotatable bonds is 10. The van der Waals surface area contributed by atoms with Gasteiger partial charge in [0.1, 0.15) is 6.61 Å². The van der Waals surface area contributed by atoms with E-state index < -0.39 is 5.97 Å². The van der Waals surface area contributed by atoms with Crippen LogP contribution in [0.25, 0.3) is 6.08 Å². The van der Waals surface area contributed by atoms with Crippen molar-refractivity contribution in [1.82, 2.24) is 4.90 Å². The third-order valence-corrected chi connectivity index (χ3v) is 7.16. The van der Waals surface area contributed by atoms with E-state index in [1.165, 1.54) is 22.7 Å². The molecule has 3 aromatic rings. The second kappa shape index (κ2) is 12.5. The van der Waals surface area contributed by atoms with E-state index in [4.69, 9.17) is 9.47 Å². The smallest absolute Gasteiger partial charge is 0.336 e. The number of hydrogen-bond donors (Lipinski definition) is 1. The lowest BCUT2D eigenvalue weighted by atomic mass is 10.0. The van der Waals surface area contributed by atoms with Crippen LogP contribution in [-0.2, 0) is 17.8 Å². The molecule has 0 aliphatic carbocycles. The van der Waals surface area contributed by atoms with Crippen molar-refractivity contribution in [3.63, 3.8) is 0 Å². The van der Waals surface area contributed by atoms with E-state index in [0.29, 0.717) is 52.5 Å². The molecule has 1 N–H and O–H groups in total. The zero-order chi connectivity index (χ0) is 27.9. The molecule has 0 unspecified atom stereocenters. The number of carboxylic acids is 1. The SMILES string of the molecule is C=CCc1cc(/C=C2\SC(=Nc3cccc(C(=O)O)c3C)N(C)C2=O)cc(OCC)c1OCc1ccccc1. The van der Waals surface area contributed by atoms with E-state index in [2.05, 4.69) is 11.6 Å². The summed E-state index contributed by atoms with van der Waals surface area (Å²) in [4.78, 5) is 31.2. The summed E-state index contributed by atoms with van der Waals surface area (Å²) in [5, 5.41) is 9.90. The number of aliphatic imine (C=N–C) groups is 1. The van der Waals surface area contributed by atoms with Crippen LogP contribution in [0.1, 0.15) is 39.5 Å². The highest BCUT2D eigenvalue weighted by Crippen LogP contribution is 2.38. The third-order valence-electron chi connectivity index (χ3n) is 6.10. The maximum Gasteiger partial charge on any atom is 0.336 e. The highest BCUT2D eigenvalue weighted by Gasteiger charge is 2.31. The first kappa shape index (κ1) is 27.7. The van der Waals surface area contributed by atoms with Crippen molar-refractivity contribution >= 4 is 40.6 Å². The third kappa shape index (κ3) is 6.41. The molecule has 7 nitrogen and oxygen atoms in total. The summed E-state index contributed by atoms with van der Waals surface area (Å²) in [7, 11) is 1.65. The number of aromatic carboxylic acids is 1. The number of benzene rings is 3. The van der Waals surface area contributed by atoms with Gasteiger partial charge in [0.25, 0.3) is 5.91 Å². The molecule has 1 aliphatic heterocycles. The molecular weight excluding hydrogens is 512 g/mol. The lowest BCUT2D eigenvalue weighted by molar-refractivity contribution is -0.121. The van der Waals surface area contributed by atoms with Crippen LogP contribution in [0.4, 0.5) is 5.69 Å². The number of carbonyl (C=O) groups excluding carboxylic acids is 1. The highest BCUT2D eigenvalue weighted by molar-refractivity contribution is 8.18. The Morgan fingerprint density at radius 1 is 1.13 bits per heavy atom. The summed E-state index contributed by atoms with van der Waals surface area (Å²) in [5.41, 5.74) is 3.96. The molecule has 3 aromatic carbocycles. The van der Waals surface area contributed by atoms with E-state index in [1.807, 2.05) is 55.5 Å².